The Morgan fingerprint density at radius 3 is 2.32 bits per heavy atom. The third-order valence-electron chi connectivity index (χ3n) is 5.04. The first-order chi connectivity index (χ1) is 10.5. The quantitative estimate of drug-likeness (QED) is 0.849. The molecule has 0 aliphatic carbocycles. The highest BCUT2D eigenvalue weighted by atomic mass is 16.2. The van der Waals surface area contributed by atoms with Gasteiger partial charge in [0.25, 0.3) is 0 Å². The second-order valence-corrected chi connectivity index (χ2v) is 6.68. The van der Waals surface area contributed by atoms with Crippen LogP contribution in [0, 0.1) is 0 Å². The average molecular weight is 310 g/mol. The smallest absolute Gasteiger partial charge is 0.320 e. The Morgan fingerprint density at radius 1 is 1.18 bits per heavy atom. The van der Waals surface area contributed by atoms with Crippen molar-refractivity contribution >= 4 is 11.9 Å². The number of hydrogen-bond donors (Lipinski definition) is 1. The van der Waals surface area contributed by atoms with Crippen molar-refractivity contribution in [1.82, 2.24) is 14.7 Å². The zero-order valence-electron chi connectivity index (χ0n) is 14.1. The molecule has 0 bridgehead atoms. The Morgan fingerprint density at radius 2 is 1.82 bits per heavy atom. The lowest BCUT2D eigenvalue weighted by Gasteiger charge is -2.40. The van der Waals surface area contributed by atoms with E-state index in [-0.39, 0.29) is 24.0 Å². The van der Waals surface area contributed by atoms with Crippen molar-refractivity contribution in [3.05, 3.63) is 0 Å². The maximum absolute atomic E-state index is 12.5. The van der Waals surface area contributed by atoms with Crippen LogP contribution in [0.1, 0.15) is 46.5 Å². The van der Waals surface area contributed by atoms with Gasteiger partial charge in [-0.25, -0.2) is 4.79 Å². The molecule has 3 amide bonds. The normalized spacial score (nSPS) is 24.0. The number of amides is 3. The molecule has 2 heterocycles. The summed E-state index contributed by atoms with van der Waals surface area (Å²) in [5.74, 6) is -0.201. The van der Waals surface area contributed by atoms with Crippen LogP contribution < -0.4 is 5.73 Å². The van der Waals surface area contributed by atoms with E-state index in [4.69, 9.17) is 5.73 Å². The van der Waals surface area contributed by atoms with Gasteiger partial charge in [-0.15, -0.1) is 0 Å². The van der Waals surface area contributed by atoms with E-state index in [1.54, 1.807) is 0 Å². The van der Waals surface area contributed by atoms with Crippen LogP contribution in [0.3, 0.4) is 0 Å². The molecule has 0 radical (unpaired) electrons. The summed E-state index contributed by atoms with van der Waals surface area (Å²) in [5.41, 5.74) is 5.51. The number of urea groups is 1. The number of primary amides is 1. The van der Waals surface area contributed by atoms with E-state index in [1.807, 2.05) is 16.7 Å². The minimum absolute atomic E-state index is 0.102. The summed E-state index contributed by atoms with van der Waals surface area (Å²) >= 11 is 0. The number of piperidine rings is 1. The fourth-order valence-electron chi connectivity index (χ4n) is 3.82. The van der Waals surface area contributed by atoms with Gasteiger partial charge in [0.2, 0.25) is 5.91 Å². The Balaban J connectivity index is 1.90. The van der Waals surface area contributed by atoms with E-state index in [9.17, 15) is 9.59 Å². The van der Waals surface area contributed by atoms with Crippen molar-refractivity contribution in [2.24, 2.45) is 5.73 Å². The van der Waals surface area contributed by atoms with E-state index < -0.39 is 0 Å². The van der Waals surface area contributed by atoms with Gasteiger partial charge in [0.05, 0.1) is 6.04 Å². The molecule has 2 aliphatic heterocycles. The van der Waals surface area contributed by atoms with Crippen LogP contribution in [0.4, 0.5) is 4.79 Å². The summed E-state index contributed by atoms with van der Waals surface area (Å²) in [6.45, 7) is 9.37. The molecular formula is C16H30N4O2. The zero-order chi connectivity index (χ0) is 16.3. The SMILES string of the molecule is CCN(C(=O)N1CCC(N2CCC[C@H]2C(N)=O)CC1)C(C)C. The lowest BCUT2D eigenvalue weighted by Crippen LogP contribution is -2.54. The Kier molecular flexibility index (Phi) is 5.67. The van der Waals surface area contributed by atoms with Gasteiger partial charge in [-0.05, 0) is 53.0 Å². The predicted octanol–water partition coefficient (Wildman–Crippen LogP) is 1.25. The fraction of sp³-hybridized carbons (Fsp3) is 0.875. The molecule has 0 aromatic rings. The van der Waals surface area contributed by atoms with E-state index in [0.717, 1.165) is 51.9 Å². The van der Waals surface area contributed by atoms with E-state index >= 15 is 0 Å². The van der Waals surface area contributed by atoms with Gasteiger partial charge >= 0.3 is 6.03 Å². The summed E-state index contributed by atoms with van der Waals surface area (Å²) in [6, 6.07) is 0.658. The van der Waals surface area contributed by atoms with Gasteiger partial charge in [0.15, 0.2) is 0 Å². The molecule has 6 nitrogen and oxygen atoms in total. The first kappa shape index (κ1) is 17.1. The summed E-state index contributed by atoms with van der Waals surface area (Å²) < 4.78 is 0. The first-order valence-electron chi connectivity index (χ1n) is 8.56. The lowest BCUT2D eigenvalue weighted by molar-refractivity contribution is -0.123. The number of hydrogen-bond acceptors (Lipinski definition) is 3. The van der Waals surface area contributed by atoms with Gasteiger partial charge in [0.1, 0.15) is 0 Å². The minimum atomic E-state index is -0.201. The third-order valence-corrected chi connectivity index (χ3v) is 5.04. The molecule has 6 heteroatoms. The summed E-state index contributed by atoms with van der Waals surface area (Å²) in [5, 5.41) is 0. The topological polar surface area (TPSA) is 69.9 Å². The largest absolute Gasteiger partial charge is 0.368 e. The van der Waals surface area contributed by atoms with Crippen molar-refractivity contribution in [2.45, 2.75) is 64.6 Å². The second kappa shape index (κ2) is 7.31. The molecule has 2 fully saturated rings. The number of carbonyl (C=O) groups excluding carboxylic acids is 2. The number of nitrogens with zero attached hydrogens (tertiary/aromatic N) is 3. The number of rotatable bonds is 4. The van der Waals surface area contributed by atoms with E-state index in [2.05, 4.69) is 18.7 Å². The van der Waals surface area contributed by atoms with Crippen molar-refractivity contribution in [2.75, 3.05) is 26.2 Å². The van der Waals surface area contributed by atoms with Crippen molar-refractivity contribution in [3.63, 3.8) is 0 Å². The van der Waals surface area contributed by atoms with Crippen LogP contribution in [-0.2, 0) is 4.79 Å². The van der Waals surface area contributed by atoms with Gasteiger partial charge < -0.3 is 15.5 Å². The summed E-state index contributed by atoms with van der Waals surface area (Å²) in [4.78, 5) is 30.2. The van der Waals surface area contributed by atoms with Gasteiger partial charge in [-0.2, -0.15) is 0 Å². The maximum Gasteiger partial charge on any atom is 0.320 e. The molecule has 22 heavy (non-hydrogen) atoms. The van der Waals surface area contributed by atoms with Gasteiger partial charge in [-0.1, -0.05) is 0 Å². The van der Waals surface area contributed by atoms with Gasteiger partial charge in [-0.3, -0.25) is 9.69 Å². The Bertz CT molecular complexity index is 405. The van der Waals surface area contributed by atoms with E-state index in [1.165, 1.54) is 0 Å². The predicted molar refractivity (Wildman–Crippen MR) is 86.4 cm³/mol. The standard InChI is InChI=1S/C16H30N4O2/c1-4-19(12(2)3)16(22)18-10-7-13(8-11-18)20-9-5-6-14(20)15(17)21/h12-14H,4-11H2,1-3H3,(H2,17,21)/t14-/m0/s1. The molecule has 2 saturated heterocycles. The lowest BCUT2D eigenvalue weighted by atomic mass is 10.0. The molecule has 2 aliphatic rings. The van der Waals surface area contributed by atoms with E-state index in [0.29, 0.717) is 6.04 Å². The summed E-state index contributed by atoms with van der Waals surface area (Å²) in [6.07, 6.45) is 3.80. The number of carbonyl (C=O) groups is 2. The van der Waals surface area contributed by atoms with Gasteiger partial charge in [0, 0.05) is 31.7 Å². The highest BCUT2D eigenvalue weighted by molar-refractivity contribution is 5.80. The fourth-order valence-corrected chi connectivity index (χ4v) is 3.82. The molecule has 0 saturated carbocycles. The van der Waals surface area contributed by atoms with Crippen LogP contribution in [0.2, 0.25) is 0 Å². The number of likely N-dealkylation sites (tertiary alicyclic amines) is 2. The molecule has 2 N–H and O–H groups in total. The average Bonchev–Trinajstić information content (AvgIpc) is 2.97. The molecule has 2 rings (SSSR count). The molecule has 1 atom stereocenters. The molecule has 0 aromatic carbocycles. The number of nitrogens with two attached hydrogens (primary N) is 1. The maximum atomic E-state index is 12.5. The molecule has 126 valence electrons. The second-order valence-electron chi connectivity index (χ2n) is 6.68. The molecule has 0 spiro atoms. The van der Waals surface area contributed by atoms with Crippen LogP contribution in [0.5, 0.6) is 0 Å². The van der Waals surface area contributed by atoms with Crippen molar-refractivity contribution in [1.29, 1.82) is 0 Å². The molecule has 0 aromatic heterocycles. The zero-order valence-corrected chi connectivity index (χ0v) is 14.1. The third kappa shape index (κ3) is 3.54. The Labute approximate surface area is 133 Å². The van der Waals surface area contributed by atoms with Crippen molar-refractivity contribution in [3.8, 4) is 0 Å². The van der Waals surface area contributed by atoms with Crippen LogP contribution in [-0.4, -0.2) is 70.9 Å². The van der Waals surface area contributed by atoms with Crippen LogP contribution in [0.25, 0.3) is 0 Å². The highest BCUT2D eigenvalue weighted by Gasteiger charge is 2.36. The van der Waals surface area contributed by atoms with Crippen LogP contribution in [0.15, 0.2) is 0 Å². The summed E-state index contributed by atoms with van der Waals surface area (Å²) in [7, 11) is 0. The highest BCUT2D eigenvalue weighted by Crippen LogP contribution is 2.26. The Hall–Kier alpha value is -1.30. The molecular weight excluding hydrogens is 280 g/mol. The van der Waals surface area contributed by atoms with Crippen LogP contribution >= 0.6 is 0 Å². The van der Waals surface area contributed by atoms with Crippen molar-refractivity contribution < 1.29 is 9.59 Å². The molecule has 0 unspecified atom stereocenters. The minimum Gasteiger partial charge on any atom is -0.368 e. The first-order valence-corrected chi connectivity index (χ1v) is 8.56. The monoisotopic (exact) mass is 310 g/mol.